The molecule has 1 aromatic heterocycles. The van der Waals surface area contributed by atoms with Gasteiger partial charge >= 0.3 is 0 Å². The molecule has 78 valence electrons. The van der Waals surface area contributed by atoms with Gasteiger partial charge in [0.1, 0.15) is 0 Å². The van der Waals surface area contributed by atoms with E-state index in [-0.39, 0.29) is 5.69 Å². The standard InChI is InChI=1S/C10H12N4O/c1-2-10(15)9-7-14(13-12-9)8-3-5-11-6-4-8/h1,7-8,11H,3-6H2. The van der Waals surface area contributed by atoms with Crippen molar-refractivity contribution in [3.05, 3.63) is 11.9 Å². The van der Waals surface area contributed by atoms with E-state index in [1.165, 1.54) is 0 Å². The molecule has 1 aromatic rings. The predicted octanol–water partition coefficient (Wildman–Crippen LogP) is 0.0185. The molecule has 1 aliphatic heterocycles. The van der Waals surface area contributed by atoms with E-state index in [4.69, 9.17) is 6.42 Å². The van der Waals surface area contributed by atoms with E-state index in [9.17, 15) is 4.79 Å². The number of carbonyl (C=O) groups is 1. The summed E-state index contributed by atoms with van der Waals surface area (Å²) in [7, 11) is 0. The lowest BCUT2D eigenvalue weighted by atomic mass is 10.1. The van der Waals surface area contributed by atoms with Gasteiger partial charge in [-0.25, -0.2) is 4.68 Å². The summed E-state index contributed by atoms with van der Waals surface area (Å²) in [6.07, 6.45) is 8.66. The van der Waals surface area contributed by atoms with E-state index in [1.54, 1.807) is 10.9 Å². The maximum atomic E-state index is 11.1. The molecule has 0 atom stereocenters. The number of hydrogen-bond acceptors (Lipinski definition) is 4. The van der Waals surface area contributed by atoms with E-state index in [1.807, 2.05) is 5.92 Å². The molecule has 1 aliphatic rings. The van der Waals surface area contributed by atoms with E-state index in [2.05, 4.69) is 15.6 Å². The fourth-order valence-electron chi connectivity index (χ4n) is 1.70. The maximum absolute atomic E-state index is 11.1. The monoisotopic (exact) mass is 204 g/mol. The number of nitrogens with one attached hydrogen (secondary N) is 1. The molecule has 0 radical (unpaired) electrons. The largest absolute Gasteiger partial charge is 0.317 e. The van der Waals surface area contributed by atoms with Crippen molar-refractivity contribution in [3.8, 4) is 12.3 Å². The first-order chi connectivity index (χ1) is 7.31. The second kappa shape index (κ2) is 4.24. The molecule has 1 fully saturated rings. The molecule has 0 saturated carbocycles. The molecule has 1 N–H and O–H groups in total. The van der Waals surface area contributed by atoms with Gasteiger partial charge in [0, 0.05) is 0 Å². The summed E-state index contributed by atoms with van der Waals surface area (Å²) < 4.78 is 1.74. The number of hydrogen-bond donors (Lipinski definition) is 1. The van der Waals surface area contributed by atoms with Crippen LogP contribution in [0.2, 0.25) is 0 Å². The number of Topliss-reactive ketones (excluding diaryl/α,β-unsaturated/α-hetero) is 1. The van der Waals surface area contributed by atoms with Gasteiger partial charge in [-0.15, -0.1) is 11.5 Å². The number of ketones is 1. The van der Waals surface area contributed by atoms with Crippen molar-refractivity contribution < 1.29 is 4.79 Å². The van der Waals surface area contributed by atoms with E-state index in [0.29, 0.717) is 6.04 Å². The lowest BCUT2D eigenvalue weighted by molar-refractivity contribution is 0.105. The molecule has 2 rings (SSSR count). The minimum absolute atomic E-state index is 0.260. The zero-order valence-electron chi connectivity index (χ0n) is 8.31. The van der Waals surface area contributed by atoms with E-state index in [0.717, 1.165) is 25.9 Å². The Morgan fingerprint density at radius 1 is 1.60 bits per heavy atom. The van der Waals surface area contributed by atoms with Gasteiger partial charge in [0.25, 0.3) is 5.78 Å². The van der Waals surface area contributed by atoms with Crippen molar-refractivity contribution in [2.45, 2.75) is 18.9 Å². The molecular formula is C10H12N4O. The Balaban J connectivity index is 2.12. The lowest BCUT2D eigenvalue weighted by Gasteiger charge is -2.21. The van der Waals surface area contributed by atoms with Crippen LogP contribution in [0.15, 0.2) is 6.20 Å². The summed E-state index contributed by atoms with van der Waals surface area (Å²) in [5, 5.41) is 11.0. The van der Waals surface area contributed by atoms with Crippen LogP contribution in [-0.2, 0) is 0 Å². The highest BCUT2D eigenvalue weighted by molar-refractivity contribution is 6.06. The summed E-state index contributed by atoms with van der Waals surface area (Å²) in [6.45, 7) is 1.95. The van der Waals surface area contributed by atoms with Crippen LogP contribution in [0, 0.1) is 12.3 Å². The Morgan fingerprint density at radius 2 is 2.33 bits per heavy atom. The van der Waals surface area contributed by atoms with Crippen LogP contribution < -0.4 is 5.32 Å². The maximum Gasteiger partial charge on any atom is 0.257 e. The molecule has 5 heteroatoms. The number of aromatic nitrogens is 3. The molecule has 0 spiro atoms. The highest BCUT2D eigenvalue weighted by atomic mass is 16.1. The lowest BCUT2D eigenvalue weighted by Crippen LogP contribution is -2.29. The Kier molecular flexibility index (Phi) is 2.79. The second-order valence-electron chi connectivity index (χ2n) is 3.54. The average molecular weight is 204 g/mol. The third kappa shape index (κ3) is 2.05. The van der Waals surface area contributed by atoms with Crippen molar-refractivity contribution in [1.29, 1.82) is 0 Å². The van der Waals surface area contributed by atoms with Gasteiger partial charge in [-0.2, -0.15) is 0 Å². The third-order valence-electron chi connectivity index (χ3n) is 2.56. The Bertz CT molecular complexity index is 398. The molecular weight excluding hydrogens is 192 g/mol. The number of rotatable bonds is 2. The minimum atomic E-state index is -0.407. The Labute approximate surface area is 87.9 Å². The van der Waals surface area contributed by atoms with Gasteiger partial charge in [0.2, 0.25) is 0 Å². The molecule has 0 aliphatic carbocycles. The summed E-state index contributed by atoms with van der Waals surface area (Å²) in [4.78, 5) is 11.1. The molecule has 15 heavy (non-hydrogen) atoms. The summed E-state index contributed by atoms with van der Waals surface area (Å²) in [5.74, 6) is 1.62. The normalized spacial score (nSPS) is 17.3. The van der Waals surface area contributed by atoms with Crippen LogP contribution in [0.3, 0.4) is 0 Å². The second-order valence-corrected chi connectivity index (χ2v) is 3.54. The van der Waals surface area contributed by atoms with Gasteiger partial charge in [0.15, 0.2) is 5.69 Å². The van der Waals surface area contributed by atoms with Crippen molar-refractivity contribution in [2.24, 2.45) is 0 Å². The summed E-state index contributed by atoms with van der Waals surface area (Å²) >= 11 is 0. The third-order valence-corrected chi connectivity index (χ3v) is 2.56. The van der Waals surface area contributed by atoms with Gasteiger partial charge in [-0.05, 0) is 31.9 Å². The first-order valence-corrected chi connectivity index (χ1v) is 4.95. The average Bonchev–Trinajstić information content (AvgIpc) is 2.78. The zero-order chi connectivity index (χ0) is 10.7. The Hall–Kier alpha value is -1.67. The van der Waals surface area contributed by atoms with Crippen LogP contribution >= 0.6 is 0 Å². The molecule has 0 aromatic carbocycles. The minimum Gasteiger partial charge on any atom is -0.317 e. The molecule has 0 unspecified atom stereocenters. The van der Waals surface area contributed by atoms with Crippen molar-refractivity contribution >= 4 is 5.78 Å². The molecule has 1 saturated heterocycles. The van der Waals surface area contributed by atoms with Crippen molar-refractivity contribution in [1.82, 2.24) is 20.3 Å². The Morgan fingerprint density at radius 3 is 3.00 bits per heavy atom. The van der Waals surface area contributed by atoms with E-state index >= 15 is 0 Å². The molecule has 2 heterocycles. The quantitative estimate of drug-likeness (QED) is 0.419. The number of nitrogens with zero attached hydrogens (tertiary/aromatic N) is 3. The predicted molar refractivity (Wildman–Crippen MR) is 54.3 cm³/mol. The smallest absolute Gasteiger partial charge is 0.257 e. The highest BCUT2D eigenvalue weighted by Gasteiger charge is 2.17. The topological polar surface area (TPSA) is 59.8 Å². The van der Waals surface area contributed by atoms with Crippen LogP contribution in [-0.4, -0.2) is 33.9 Å². The zero-order valence-corrected chi connectivity index (χ0v) is 8.31. The van der Waals surface area contributed by atoms with Crippen molar-refractivity contribution in [3.63, 3.8) is 0 Å². The van der Waals surface area contributed by atoms with Crippen LogP contribution in [0.4, 0.5) is 0 Å². The van der Waals surface area contributed by atoms with Gasteiger partial charge in [-0.3, -0.25) is 4.79 Å². The number of carbonyl (C=O) groups excluding carboxylic acids is 1. The molecule has 0 bridgehead atoms. The van der Waals surface area contributed by atoms with Crippen molar-refractivity contribution in [2.75, 3.05) is 13.1 Å². The van der Waals surface area contributed by atoms with Gasteiger partial charge in [-0.1, -0.05) is 5.21 Å². The van der Waals surface area contributed by atoms with Crippen LogP contribution in [0.25, 0.3) is 0 Å². The highest BCUT2D eigenvalue weighted by Crippen LogP contribution is 2.16. The fourth-order valence-corrected chi connectivity index (χ4v) is 1.70. The van der Waals surface area contributed by atoms with Gasteiger partial charge in [0.05, 0.1) is 12.2 Å². The SMILES string of the molecule is C#CC(=O)c1cn(C2CCNCC2)nn1. The molecule has 5 nitrogen and oxygen atoms in total. The van der Waals surface area contributed by atoms with Crippen LogP contribution in [0.1, 0.15) is 29.4 Å². The number of piperidine rings is 1. The van der Waals surface area contributed by atoms with Crippen LogP contribution in [0.5, 0.6) is 0 Å². The first-order valence-electron chi connectivity index (χ1n) is 4.95. The first kappa shape index (κ1) is 9.87. The van der Waals surface area contributed by atoms with E-state index < -0.39 is 5.78 Å². The fraction of sp³-hybridized carbons (Fsp3) is 0.500. The number of terminal acetylenes is 1. The summed E-state index contributed by atoms with van der Waals surface area (Å²) in [5.41, 5.74) is 0.260. The molecule has 0 amide bonds. The van der Waals surface area contributed by atoms with Gasteiger partial charge < -0.3 is 5.32 Å². The summed E-state index contributed by atoms with van der Waals surface area (Å²) in [6, 6.07) is 0.332.